The fourth-order valence-corrected chi connectivity index (χ4v) is 2.77. The van der Waals surface area contributed by atoms with Gasteiger partial charge in [0, 0.05) is 30.7 Å². The van der Waals surface area contributed by atoms with Crippen LogP contribution < -0.4 is 0 Å². The number of halogens is 1. The van der Waals surface area contributed by atoms with Crippen molar-refractivity contribution < 1.29 is 0 Å². The van der Waals surface area contributed by atoms with Crippen molar-refractivity contribution in [1.29, 1.82) is 0 Å². The molecular formula is C10H17ClN4S. The molecule has 0 radical (unpaired) electrons. The van der Waals surface area contributed by atoms with Gasteiger partial charge in [0.15, 0.2) is 0 Å². The topological polar surface area (TPSA) is 32.3 Å². The van der Waals surface area contributed by atoms with E-state index in [-0.39, 0.29) is 0 Å². The van der Waals surface area contributed by atoms with Crippen LogP contribution in [-0.4, -0.2) is 52.6 Å². The van der Waals surface area contributed by atoms with Crippen molar-refractivity contribution in [2.45, 2.75) is 25.4 Å². The van der Waals surface area contributed by atoms with Gasteiger partial charge in [-0.3, -0.25) is 4.90 Å². The fraction of sp³-hybridized carbons (Fsp3) is 0.800. The quantitative estimate of drug-likeness (QED) is 0.829. The third-order valence-electron chi connectivity index (χ3n) is 3.13. The summed E-state index contributed by atoms with van der Waals surface area (Å²) in [4.78, 5) is 4.71. The number of likely N-dealkylation sites (tertiary alicyclic amines) is 1. The number of rotatable bonds is 3. The molecule has 1 aliphatic heterocycles. The molecule has 0 N–H and O–H groups in total. The van der Waals surface area contributed by atoms with Gasteiger partial charge in [-0.05, 0) is 33.5 Å². The normalized spacial score (nSPS) is 22.9. The molecule has 1 unspecified atom stereocenters. The lowest BCUT2D eigenvalue weighted by Gasteiger charge is -2.35. The van der Waals surface area contributed by atoms with Crippen LogP contribution in [0.25, 0.3) is 0 Å². The first-order valence-corrected chi connectivity index (χ1v) is 6.67. The van der Waals surface area contributed by atoms with Crippen LogP contribution in [0.5, 0.6) is 0 Å². The van der Waals surface area contributed by atoms with E-state index in [9.17, 15) is 0 Å². The van der Waals surface area contributed by atoms with Crippen molar-refractivity contribution in [3.8, 4) is 0 Å². The minimum atomic E-state index is 0.608. The Labute approximate surface area is 105 Å². The molecule has 0 bridgehead atoms. The van der Waals surface area contributed by atoms with E-state index in [1.54, 1.807) is 0 Å². The Hall–Kier alpha value is -0.230. The smallest absolute Gasteiger partial charge is 0.138 e. The Kier molecular flexibility index (Phi) is 4.13. The van der Waals surface area contributed by atoms with Crippen molar-refractivity contribution in [1.82, 2.24) is 19.4 Å². The maximum absolute atomic E-state index is 6.01. The molecule has 1 aromatic rings. The van der Waals surface area contributed by atoms with Gasteiger partial charge >= 0.3 is 0 Å². The van der Waals surface area contributed by atoms with Crippen LogP contribution in [0.2, 0.25) is 4.34 Å². The molecule has 1 atom stereocenters. The third-order valence-corrected chi connectivity index (χ3v) is 4.12. The summed E-state index contributed by atoms with van der Waals surface area (Å²) in [5.74, 6) is 0. The van der Waals surface area contributed by atoms with Crippen LogP contribution >= 0.6 is 23.1 Å². The van der Waals surface area contributed by atoms with Gasteiger partial charge in [0.2, 0.25) is 0 Å². The molecule has 6 heteroatoms. The van der Waals surface area contributed by atoms with Crippen molar-refractivity contribution >= 4 is 23.1 Å². The molecule has 2 rings (SSSR count). The number of aromatic nitrogens is 2. The standard InChI is InChI=1S/C10H17ClN4S/c1-14-5-3-4-8(6-14)15(2)7-9-10(11)16-13-12-9/h8H,3-7H2,1-2H3. The number of hydrogen-bond acceptors (Lipinski definition) is 5. The summed E-state index contributed by atoms with van der Waals surface area (Å²) in [5, 5.41) is 4.05. The van der Waals surface area contributed by atoms with Crippen LogP contribution in [-0.2, 0) is 6.54 Å². The van der Waals surface area contributed by atoms with Crippen molar-refractivity contribution in [3.63, 3.8) is 0 Å². The number of likely N-dealkylation sites (N-methyl/N-ethyl adjacent to an activating group) is 2. The van der Waals surface area contributed by atoms with Crippen LogP contribution in [0.4, 0.5) is 0 Å². The summed E-state index contributed by atoms with van der Waals surface area (Å²) in [7, 11) is 4.32. The highest BCUT2D eigenvalue weighted by Crippen LogP contribution is 2.21. The Morgan fingerprint density at radius 2 is 2.44 bits per heavy atom. The van der Waals surface area contributed by atoms with Crippen molar-refractivity contribution in [2.75, 3.05) is 27.2 Å². The maximum Gasteiger partial charge on any atom is 0.138 e. The first-order chi connectivity index (χ1) is 7.66. The molecule has 2 heterocycles. The van der Waals surface area contributed by atoms with E-state index in [0.717, 1.165) is 23.1 Å². The highest BCUT2D eigenvalue weighted by molar-refractivity contribution is 7.10. The van der Waals surface area contributed by atoms with Gasteiger partial charge in [0.25, 0.3) is 0 Å². The predicted molar refractivity (Wildman–Crippen MR) is 66.9 cm³/mol. The average Bonchev–Trinajstić information content (AvgIpc) is 2.64. The summed E-state index contributed by atoms with van der Waals surface area (Å²) < 4.78 is 4.58. The van der Waals surface area contributed by atoms with Gasteiger partial charge in [-0.15, -0.1) is 5.10 Å². The van der Waals surface area contributed by atoms with Crippen LogP contribution in [0.15, 0.2) is 0 Å². The summed E-state index contributed by atoms with van der Waals surface area (Å²) in [6, 6.07) is 0.608. The van der Waals surface area contributed by atoms with Crippen molar-refractivity contribution in [2.24, 2.45) is 0 Å². The van der Waals surface area contributed by atoms with Gasteiger partial charge in [-0.2, -0.15) is 0 Å². The SMILES string of the molecule is CN1CCCC(N(C)Cc2nnsc2Cl)C1. The molecule has 1 saturated heterocycles. The molecule has 1 aromatic heterocycles. The Morgan fingerprint density at radius 1 is 1.62 bits per heavy atom. The summed E-state index contributed by atoms with van der Waals surface area (Å²) in [6.45, 7) is 3.14. The molecule has 1 aliphatic rings. The number of nitrogens with zero attached hydrogens (tertiary/aromatic N) is 4. The minimum absolute atomic E-state index is 0.608. The first-order valence-electron chi connectivity index (χ1n) is 5.52. The van der Waals surface area contributed by atoms with E-state index in [1.165, 1.54) is 30.9 Å². The maximum atomic E-state index is 6.01. The number of hydrogen-bond donors (Lipinski definition) is 0. The van der Waals surface area contributed by atoms with Crippen molar-refractivity contribution in [3.05, 3.63) is 10.0 Å². The third kappa shape index (κ3) is 2.91. The molecule has 0 amide bonds. The van der Waals surface area contributed by atoms with Crippen LogP contribution in [0, 0.1) is 0 Å². The molecule has 90 valence electrons. The number of piperidine rings is 1. The van der Waals surface area contributed by atoms with Crippen LogP contribution in [0.3, 0.4) is 0 Å². The zero-order chi connectivity index (χ0) is 11.5. The van der Waals surface area contributed by atoms with E-state index < -0.39 is 0 Å². The largest absolute Gasteiger partial charge is 0.305 e. The minimum Gasteiger partial charge on any atom is -0.305 e. The second-order valence-corrected chi connectivity index (χ2v) is 5.82. The molecular weight excluding hydrogens is 244 g/mol. The Bertz CT molecular complexity index is 343. The van der Waals surface area contributed by atoms with E-state index >= 15 is 0 Å². The summed E-state index contributed by atoms with van der Waals surface area (Å²) in [6.07, 6.45) is 2.53. The second-order valence-electron chi connectivity index (χ2n) is 4.47. The molecule has 0 aromatic carbocycles. The zero-order valence-corrected chi connectivity index (χ0v) is 11.3. The molecule has 0 spiro atoms. The predicted octanol–water partition coefficient (Wildman–Crippen LogP) is 1.72. The van der Waals surface area contributed by atoms with Crippen LogP contribution in [0.1, 0.15) is 18.5 Å². The average molecular weight is 261 g/mol. The molecule has 16 heavy (non-hydrogen) atoms. The lowest BCUT2D eigenvalue weighted by Crippen LogP contribution is -2.44. The fourth-order valence-electron chi connectivity index (χ4n) is 2.16. The van der Waals surface area contributed by atoms with Gasteiger partial charge in [0.05, 0.1) is 0 Å². The van der Waals surface area contributed by atoms with E-state index in [0.29, 0.717) is 6.04 Å². The highest BCUT2D eigenvalue weighted by atomic mass is 35.5. The zero-order valence-electron chi connectivity index (χ0n) is 9.69. The first kappa shape index (κ1) is 12.2. The van der Waals surface area contributed by atoms with E-state index in [4.69, 9.17) is 11.6 Å². The summed E-state index contributed by atoms with van der Waals surface area (Å²) in [5.41, 5.74) is 0.905. The molecule has 1 fully saturated rings. The van der Waals surface area contributed by atoms with Gasteiger partial charge in [-0.1, -0.05) is 16.1 Å². The molecule has 4 nitrogen and oxygen atoms in total. The summed E-state index contributed by atoms with van der Waals surface area (Å²) >= 11 is 7.27. The highest BCUT2D eigenvalue weighted by Gasteiger charge is 2.22. The second kappa shape index (κ2) is 5.40. The monoisotopic (exact) mass is 260 g/mol. The lowest BCUT2D eigenvalue weighted by atomic mass is 10.1. The molecule has 0 aliphatic carbocycles. The van der Waals surface area contributed by atoms with Gasteiger partial charge in [0.1, 0.15) is 10.0 Å². The van der Waals surface area contributed by atoms with Gasteiger partial charge in [-0.25, -0.2) is 0 Å². The van der Waals surface area contributed by atoms with E-state index in [1.807, 2.05) is 0 Å². The Morgan fingerprint density at radius 3 is 3.06 bits per heavy atom. The molecule has 0 saturated carbocycles. The van der Waals surface area contributed by atoms with Gasteiger partial charge < -0.3 is 4.90 Å². The lowest BCUT2D eigenvalue weighted by molar-refractivity contribution is 0.128. The Balaban J connectivity index is 1.92. The van der Waals surface area contributed by atoms with E-state index in [2.05, 4.69) is 33.5 Å².